The summed E-state index contributed by atoms with van der Waals surface area (Å²) in [6.45, 7) is 0. The average Bonchev–Trinajstić information content (AvgIpc) is 1.88. The maximum atomic E-state index is 5.53. The van der Waals surface area contributed by atoms with Crippen molar-refractivity contribution in [3.05, 3.63) is 24.0 Å². The van der Waals surface area contributed by atoms with E-state index in [-0.39, 0.29) is 4.84 Å². The Morgan fingerprint density at radius 2 is 2.20 bits per heavy atom. The Hall–Kier alpha value is -0.340. The molecule has 0 aliphatic rings. The van der Waals surface area contributed by atoms with E-state index in [9.17, 15) is 0 Å². The van der Waals surface area contributed by atoms with Crippen molar-refractivity contribution in [1.82, 2.24) is 10.2 Å². The van der Waals surface area contributed by atoms with Gasteiger partial charge in [0.2, 0.25) is 0 Å². The Balaban J connectivity index is 2.59. The van der Waals surface area contributed by atoms with Gasteiger partial charge in [-0.25, -0.2) is 0 Å². The van der Waals surface area contributed by atoms with E-state index in [1.807, 2.05) is 6.07 Å². The van der Waals surface area contributed by atoms with Crippen LogP contribution in [-0.4, -0.2) is 15.0 Å². The van der Waals surface area contributed by atoms with E-state index in [4.69, 9.17) is 23.2 Å². The summed E-state index contributed by atoms with van der Waals surface area (Å²) in [6, 6.07) is 1.84. The Bertz CT molecular complexity index is 188. The highest BCUT2D eigenvalue weighted by Crippen LogP contribution is 2.08. The molecular weight excluding hydrogens is 171 g/mol. The first-order valence-electron chi connectivity index (χ1n) is 2.83. The first kappa shape index (κ1) is 7.76. The van der Waals surface area contributed by atoms with Crippen LogP contribution in [0.25, 0.3) is 0 Å². The van der Waals surface area contributed by atoms with Crippen LogP contribution < -0.4 is 0 Å². The maximum Gasteiger partial charge on any atom is 0.111 e. The Labute approximate surface area is 69.2 Å². The second-order valence-electron chi connectivity index (χ2n) is 1.85. The second-order valence-corrected chi connectivity index (χ2v) is 3.12. The van der Waals surface area contributed by atoms with Gasteiger partial charge < -0.3 is 0 Å². The summed E-state index contributed by atoms with van der Waals surface area (Å²) in [5.41, 5.74) is 1.00. The molecule has 1 aromatic heterocycles. The van der Waals surface area contributed by atoms with Crippen LogP contribution in [0.3, 0.4) is 0 Å². The summed E-state index contributed by atoms with van der Waals surface area (Å²) in [5.74, 6) is 0. The molecule has 0 saturated heterocycles. The first-order valence-corrected chi connectivity index (χ1v) is 3.70. The van der Waals surface area contributed by atoms with Gasteiger partial charge in [0.25, 0.3) is 0 Å². The van der Waals surface area contributed by atoms with Gasteiger partial charge in [-0.05, 0) is 11.6 Å². The molecule has 2 nitrogen and oxygen atoms in total. The Kier molecular flexibility index (Phi) is 2.90. The molecule has 0 amide bonds. The fraction of sp³-hybridized carbons (Fsp3) is 0.333. The molecule has 1 aromatic rings. The minimum Gasteiger partial charge on any atom is -0.159 e. The zero-order valence-corrected chi connectivity index (χ0v) is 6.68. The summed E-state index contributed by atoms with van der Waals surface area (Å²) in [4.78, 5) is -0.357. The molecule has 10 heavy (non-hydrogen) atoms. The van der Waals surface area contributed by atoms with E-state index >= 15 is 0 Å². The van der Waals surface area contributed by atoms with E-state index < -0.39 is 0 Å². The third-order valence-corrected chi connectivity index (χ3v) is 1.34. The molecule has 0 unspecified atom stereocenters. The highest BCUT2D eigenvalue weighted by Gasteiger charge is 1.99. The first-order chi connectivity index (χ1) is 4.79. The summed E-state index contributed by atoms with van der Waals surface area (Å²) < 4.78 is 0. The standard InChI is InChI=1S/C6H6Cl2N2/c7-6(8)3-5-1-2-9-10-4-5/h1-2,4,6H,3H2. The smallest absolute Gasteiger partial charge is 0.111 e. The van der Waals surface area contributed by atoms with E-state index in [0.717, 1.165) is 5.56 Å². The van der Waals surface area contributed by atoms with Gasteiger partial charge in [-0.15, -0.1) is 23.2 Å². The van der Waals surface area contributed by atoms with E-state index in [0.29, 0.717) is 6.42 Å². The predicted octanol–water partition coefficient (Wildman–Crippen LogP) is 1.82. The molecular formula is C6H6Cl2N2. The van der Waals surface area contributed by atoms with E-state index in [2.05, 4.69) is 10.2 Å². The second kappa shape index (κ2) is 3.74. The molecule has 0 atom stereocenters. The van der Waals surface area contributed by atoms with Crippen LogP contribution >= 0.6 is 23.2 Å². The van der Waals surface area contributed by atoms with Gasteiger partial charge in [0.05, 0.1) is 6.20 Å². The SMILES string of the molecule is ClC(Cl)Cc1ccnnc1. The summed E-state index contributed by atoms with van der Waals surface area (Å²) in [7, 11) is 0. The van der Waals surface area contributed by atoms with Crippen molar-refractivity contribution in [1.29, 1.82) is 0 Å². The van der Waals surface area contributed by atoms with Gasteiger partial charge in [-0.2, -0.15) is 10.2 Å². The number of alkyl halides is 2. The summed E-state index contributed by atoms with van der Waals surface area (Å²) in [5, 5.41) is 7.29. The van der Waals surface area contributed by atoms with E-state index in [1.54, 1.807) is 12.4 Å². The molecule has 1 heterocycles. The molecule has 4 heteroatoms. The quantitative estimate of drug-likeness (QED) is 0.644. The molecule has 0 fully saturated rings. The van der Waals surface area contributed by atoms with Crippen molar-refractivity contribution in [3.63, 3.8) is 0 Å². The normalized spacial score (nSPS) is 10.3. The lowest BCUT2D eigenvalue weighted by Gasteiger charge is -1.97. The molecule has 0 aliphatic heterocycles. The zero-order chi connectivity index (χ0) is 7.40. The number of hydrogen-bond acceptors (Lipinski definition) is 2. The van der Waals surface area contributed by atoms with Crippen molar-refractivity contribution in [2.75, 3.05) is 0 Å². The van der Waals surface area contributed by atoms with Crippen molar-refractivity contribution in [2.24, 2.45) is 0 Å². The number of rotatable bonds is 2. The lowest BCUT2D eigenvalue weighted by atomic mass is 10.2. The van der Waals surface area contributed by atoms with Gasteiger partial charge >= 0.3 is 0 Å². The van der Waals surface area contributed by atoms with Gasteiger partial charge in [0.1, 0.15) is 4.84 Å². The van der Waals surface area contributed by atoms with Crippen molar-refractivity contribution >= 4 is 23.2 Å². The fourth-order valence-corrected chi connectivity index (χ4v) is 0.973. The summed E-state index contributed by atoms with van der Waals surface area (Å²) in [6.07, 6.45) is 3.89. The molecule has 1 rings (SSSR count). The number of nitrogens with zero attached hydrogens (tertiary/aromatic N) is 2. The molecule has 0 N–H and O–H groups in total. The Morgan fingerprint density at radius 1 is 1.40 bits per heavy atom. The van der Waals surface area contributed by atoms with Gasteiger partial charge in [0.15, 0.2) is 0 Å². The number of halogens is 2. The molecule has 0 aromatic carbocycles. The highest BCUT2D eigenvalue weighted by molar-refractivity contribution is 6.44. The lowest BCUT2D eigenvalue weighted by molar-refractivity contribution is 0.971. The monoisotopic (exact) mass is 176 g/mol. The number of aromatic nitrogens is 2. The maximum absolute atomic E-state index is 5.53. The molecule has 0 radical (unpaired) electrons. The lowest BCUT2D eigenvalue weighted by Crippen LogP contribution is -1.94. The molecule has 0 aliphatic carbocycles. The minimum absolute atomic E-state index is 0.357. The largest absolute Gasteiger partial charge is 0.159 e. The average molecular weight is 177 g/mol. The van der Waals surface area contributed by atoms with Crippen LogP contribution in [0.15, 0.2) is 18.5 Å². The van der Waals surface area contributed by atoms with Crippen LogP contribution in [0.4, 0.5) is 0 Å². The van der Waals surface area contributed by atoms with E-state index in [1.165, 1.54) is 0 Å². The topological polar surface area (TPSA) is 25.8 Å². The van der Waals surface area contributed by atoms with Crippen molar-refractivity contribution < 1.29 is 0 Å². The minimum atomic E-state index is -0.357. The molecule has 0 saturated carbocycles. The third-order valence-electron chi connectivity index (χ3n) is 1.04. The Morgan fingerprint density at radius 3 is 2.70 bits per heavy atom. The van der Waals surface area contributed by atoms with Crippen molar-refractivity contribution in [3.8, 4) is 0 Å². The van der Waals surface area contributed by atoms with Gasteiger partial charge in [0, 0.05) is 12.6 Å². The summed E-state index contributed by atoms with van der Waals surface area (Å²) >= 11 is 11.1. The van der Waals surface area contributed by atoms with Crippen LogP contribution in [0, 0.1) is 0 Å². The highest BCUT2D eigenvalue weighted by atomic mass is 35.5. The molecule has 54 valence electrons. The van der Waals surface area contributed by atoms with Crippen molar-refractivity contribution in [2.45, 2.75) is 11.3 Å². The van der Waals surface area contributed by atoms with Gasteiger partial charge in [-0.3, -0.25) is 0 Å². The van der Waals surface area contributed by atoms with Crippen LogP contribution in [-0.2, 0) is 6.42 Å². The fourth-order valence-electron chi connectivity index (χ4n) is 0.617. The molecule has 0 bridgehead atoms. The van der Waals surface area contributed by atoms with Crippen LogP contribution in [0.2, 0.25) is 0 Å². The third kappa shape index (κ3) is 2.50. The molecule has 0 spiro atoms. The van der Waals surface area contributed by atoms with Crippen LogP contribution in [0.5, 0.6) is 0 Å². The zero-order valence-electron chi connectivity index (χ0n) is 5.17. The van der Waals surface area contributed by atoms with Crippen LogP contribution in [0.1, 0.15) is 5.56 Å². The predicted molar refractivity (Wildman–Crippen MR) is 41.2 cm³/mol. The number of hydrogen-bond donors (Lipinski definition) is 0. The van der Waals surface area contributed by atoms with Gasteiger partial charge in [-0.1, -0.05) is 0 Å².